The minimum Gasteiger partial charge on any atom is -0.393 e. The molecular weight excluding hydrogens is 150 g/mol. The molecule has 1 rings (SSSR count). The van der Waals surface area contributed by atoms with Crippen molar-refractivity contribution in [2.75, 3.05) is 0 Å². The van der Waals surface area contributed by atoms with E-state index in [2.05, 4.69) is 19.9 Å². The van der Waals surface area contributed by atoms with Gasteiger partial charge in [0.15, 0.2) is 0 Å². The van der Waals surface area contributed by atoms with Crippen LogP contribution in [0.5, 0.6) is 0 Å². The van der Waals surface area contributed by atoms with Gasteiger partial charge in [-0.1, -0.05) is 13.8 Å². The van der Waals surface area contributed by atoms with Gasteiger partial charge in [0.05, 0.1) is 12.2 Å². The van der Waals surface area contributed by atoms with Crippen LogP contribution in [0.2, 0.25) is 0 Å². The first-order valence-corrected chi connectivity index (χ1v) is 4.72. The first kappa shape index (κ1) is 9.54. The number of aliphatic hydroxyl groups is 1. The molecule has 1 N–H and O–H groups in total. The average Bonchev–Trinajstić information content (AvgIpc) is 2.03. The monoisotopic (exact) mass is 167 g/mol. The molecule has 2 heteroatoms. The van der Waals surface area contributed by atoms with Crippen LogP contribution in [0.15, 0.2) is 0 Å². The number of hydrogen-bond acceptors (Lipinski definition) is 2. The Morgan fingerprint density at radius 1 is 1.42 bits per heavy atom. The molecule has 12 heavy (non-hydrogen) atoms. The highest BCUT2D eigenvalue weighted by Gasteiger charge is 2.30. The predicted molar refractivity (Wildman–Crippen MR) is 47.3 cm³/mol. The molecule has 0 aromatic rings. The molecule has 0 heterocycles. The molecule has 0 radical (unpaired) electrons. The van der Waals surface area contributed by atoms with Crippen molar-refractivity contribution in [1.29, 1.82) is 5.26 Å². The van der Waals surface area contributed by atoms with Crippen LogP contribution in [0.25, 0.3) is 0 Å². The van der Waals surface area contributed by atoms with Crippen LogP contribution < -0.4 is 0 Å². The summed E-state index contributed by atoms with van der Waals surface area (Å²) in [5, 5.41) is 18.4. The Labute approximate surface area is 74.2 Å². The Morgan fingerprint density at radius 2 is 2.08 bits per heavy atom. The lowest BCUT2D eigenvalue weighted by Crippen LogP contribution is -2.32. The molecule has 68 valence electrons. The molecule has 2 nitrogen and oxygen atoms in total. The number of nitrogens with zero attached hydrogens (tertiary/aromatic N) is 1. The van der Waals surface area contributed by atoms with Crippen LogP contribution >= 0.6 is 0 Å². The summed E-state index contributed by atoms with van der Waals surface area (Å²) in [5.41, 5.74) is 0. The van der Waals surface area contributed by atoms with Crippen molar-refractivity contribution in [3.8, 4) is 6.07 Å². The van der Waals surface area contributed by atoms with Gasteiger partial charge >= 0.3 is 0 Å². The fraction of sp³-hybridized carbons (Fsp3) is 0.900. The zero-order valence-electron chi connectivity index (χ0n) is 7.83. The second kappa shape index (κ2) is 3.91. The SMILES string of the molecule is CC(C)C1CCC(C#N)CC1O. The molecular formula is C10H17NO. The fourth-order valence-electron chi connectivity index (χ4n) is 2.07. The van der Waals surface area contributed by atoms with E-state index in [1.807, 2.05) is 0 Å². The number of rotatable bonds is 1. The first-order chi connectivity index (χ1) is 5.65. The zero-order chi connectivity index (χ0) is 9.14. The molecule has 0 aromatic carbocycles. The van der Waals surface area contributed by atoms with E-state index >= 15 is 0 Å². The molecule has 3 atom stereocenters. The van der Waals surface area contributed by atoms with Crippen LogP contribution in [-0.2, 0) is 0 Å². The highest BCUT2D eigenvalue weighted by atomic mass is 16.3. The Bertz CT molecular complexity index is 183. The van der Waals surface area contributed by atoms with Crippen molar-refractivity contribution >= 4 is 0 Å². The van der Waals surface area contributed by atoms with E-state index in [0.717, 1.165) is 12.8 Å². The molecule has 1 aliphatic rings. The van der Waals surface area contributed by atoms with E-state index < -0.39 is 0 Å². The largest absolute Gasteiger partial charge is 0.393 e. The highest BCUT2D eigenvalue weighted by molar-refractivity contribution is 4.91. The summed E-state index contributed by atoms with van der Waals surface area (Å²) in [6.07, 6.45) is 2.41. The summed E-state index contributed by atoms with van der Waals surface area (Å²) in [4.78, 5) is 0. The third-order valence-electron chi connectivity index (χ3n) is 2.91. The van der Waals surface area contributed by atoms with Crippen molar-refractivity contribution in [2.45, 2.75) is 39.2 Å². The minimum atomic E-state index is -0.247. The van der Waals surface area contributed by atoms with Crippen LogP contribution in [0, 0.1) is 29.1 Å². The quantitative estimate of drug-likeness (QED) is 0.648. The summed E-state index contributed by atoms with van der Waals surface area (Å²) in [6.45, 7) is 4.28. The van der Waals surface area contributed by atoms with Gasteiger partial charge in [-0.15, -0.1) is 0 Å². The molecule has 0 saturated heterocycles. The van der Waals surface area contributed by atoms with Gasteiger partial charge in [0.25, 0.3) is 0 Å². The van der Waals surface area contributed by atoms with Gasteiger partial charge in [0, 0.05) is 5.92 Å². The average molecular weight is 167 g/mol. The summed E-state index contributed by atoms with van der Waals surface area (Å²) in [7, 11) is 0. The Kier molecular flexibility index (Phi) is 3.11. The summed E-state index contributed by atoms with van der Waals surface area (Å²) >= 11 is 0. The number of aliphatic hydroxyl groups excluding tert-OH is 1. The molecule has 1 fully saturated rings. The van der Waals surface area contributed by atoms with Gasteiger partial charge in [0.2, 0.25) is 0 Å². The van der Waals surface area contributed by atoms with E-state index in [-0.39, 0.29) is 12.0 Å². The van der Waals surface area contributed by atoms with E-state index in [4.69, 9.17) is 5.26 Å². The second-order valence-corrected chi connectivity index (χ2v) is 4.11. The van der Waals surface area contributed by atoms with E-state index in [9.17, 15) is 5.11 Å². The molecule has 3 unspecified atom stereocenters. The summed E-state index contributed by atoms with van der Waals surface area (Å²) in [6, 6.07) is 2.23. The summed E-state index contributed by atoms with van der Waals surface area (Å²) < 4.78 is 0. The molecule has 1 saturated carbocycles. The zero-order valence-corrected chi connectivity index (χ0v) is 7.83. The van der Waals surface area contributed by atoms with Crippen molar-refractivity contribution in [1.82, 2.24) is 0 Å². The highest BCUT2D eigenvalue weighted by Crippen LogP contribution is 2.33. The number of nitriles is 1. The van der Waals surface area contributed by atoms with Crippen LogP contribution in [0.4, 0.5) is 0 Å². The lowest BCUT2D eigenvalue weighted by atomic mass is 9.75. The Balaban J connectivity index is 2.49. The van der Waals surface area contributed by atoms with Gasteiger partial charge in [-0.25, -0.2) is 0 Å². The fourth-order valence-corrected chi connectivity index (χ4v) is 2.07. The van der Waals surface area contributed by atoms with Crippen LogP contribution in [0.3, 0.4) is 0 Å². The first-order valence-electron chi connectivity index (χ1n) is 4.72. The predicted octanol–water partition coefficient (Wildman–Crippen LogP) is 1.94. The maximum atomic E-state index is 9.69. The normalized spacial score (nSPS) is 36.4. The van der Waals surface area contributed by atoms with Gasteiger partial charge < -0.3 is 5.11 Å². The van der Waals surface area contributed by atoms with E-state index in [0.29, 0.717) is 18.3 Å². The van der Waals surface area contributed by atoms with Crippen molar-refractivity contribution in [2.24, 2.45) is 17.8 Å². The van der Waals surface area contributed by atoms with E-state index in [1.165, 1.54) is 0 Å². The standard InChI is InChI=1S/C10H17NO/c1-7(2)9-4-3-8(6-11)5-10(9)12/h7-10,12H,3-5H2,1-2H3. The van der Waals surface area contributed by atoms with Crippen LogP contribution in [0.1, 0.15) is 33.1 Å². The molecule has 0 bridgehead atoms. The minimum absolute atomic E-state index is 0.0926. The lowest BCUT2D eigenvalue weighted by Gasteiger charge is -2.32. The Hall–Kier alpha value is -0.550. The van der Waals surface area contributed by atoms with Crippen LogP contribution in [-0.4, -0.2) is 11.2 Å². The Morgan fingerprint density at radius 3 is 2.50 bits per heavy atom. The maximum absolute atomic E-state index is 9.69. The van der Waals surface area contributed by atoms with Gasteiger partial charge in [-0.2, -0.15) is 5.26 Å². The van der Waals surface area contributed by atoms with Crippen molar-refractivity contribution in [3.63, 3.8) is 0 Å². The van der Waals surface area contributed by atoms with E-state index in [1.54, 1.807) is 0 Å². The molecule has 0 spiro atoms. The molecule has 0 aliphatic heterocycles. The molecule has 1 aliphatic carbocycles. The van der Waals surface area contributed by atoms with Crippen molar-refractivity contribution < 1.29 is 5.11 Å². The van der Waals surface area contributed by atoms with Crippen molar-refractivity contribution in [3.05, 3.63) is 0 Å². The molecule has 0 aromatic heterocycles. The maximum Gasteiger partial charge on any atom is 0.0656 e. The molecule has 0 amide bonds. The third-order valence-corrected chi connectivity index (χ3v) is 2.91. The van der Waals surface area contributed by atoms with Gasteiger partial charge in [-0.05, 0) is 31.1 Å². The van der Waals surface area contributed by atoms with Gasteiger partial charge in [0.1, 0.15) is 0 Å². The lowest BCUT2D eigenvalue weighted by molar-refractivity contribution is 0.0330. The number of hydrogen-bond donors (Lipinski definition) is 1. The topological polar surface area (TPSA) is 44.0 Å². The second-order valence-electron chi connectivity index (χ2n) is 4.11. The van der Waals surface area contributed by atoms with Gasteiger partial charge in [-0.3, -0.25) is 0 Å². The third kappa shape index (κ3) is 1.98. The smallest absolute Gasteiger partial charge is 0.0656 e. The summed E-state index contributed by atoms with van der Waals surface area (Å²) in [5.74, 6) is 1.05.